The molecule has 0 aromatic heterocycles. The molecule has 172 valence electrons. The van der Waals surface area contributed by atoms with Crippen LogP contribution in [0.2, 0.25) is 5.02 Å². The first-order valence-electron chi connectivity index (χ1n) is 9.94. The Hall–Kier alpha value is -3.96. The van der Waals surface area contributed by atoms with Crippen LogP contribution in [0.1, 0.15) is 27.8 Å². The topological polar surface area (TPSA) is 71.3 Å². The molecule has 3 aromatic carbocycles. The average Bonchev–Trinajstić information content (AvgIpc) is 3.11. The highest BCUT2D eigenvalue weighted by Gasteiger charge is 2.33. The maximum atomic E-state index is 13.0. The van der Waals surface area contributed by atoms with E-state index in [2.05, 4.69) is 11.4 Å². The Morgan fingerprint density at radius 3 is 2.62 bits per heavy atom. The van der Waals surface area contributed by atoms with Crippen molar-refractivity contribution in [3.8, 4) is 17.6 Å². The lowest BCUT2D eigenvalue weighted by Gasteiger charge is -2.14. The molecule has 0 spiro atoms. The summed E-state index contributed by atoms with van der Waals surface area (Å²) in [7, 11) is 1.43. The molecule has 0 radical (unpaired) electrons. The highest BCUT2D eigenvalue weighted by atomic mass is 35.5. The molecule has 34 heavy (non-hydrogen) atoms. The second kappa shape index (κ2) is 9.12. The molecule has 3 aromatic rings. The van der Waals surface area contributed by atoms with Crippen LogP contribution in [-0.4, -0.2) is 13.0 Å². The van der Waals surface area contributed by atoms with Crippen molar-refractivity contribution in [1.82, 2.24) is 0 Å². The van der Waals surface area contributed by atoms with Crippen molar-refractivity contribution in [2.75, 3.05) is 12.4 Å². The molecule has 0 saturated heterocycles. The van der Waals surface area contributed by atoms with Crippen molar-refractivity contribution in [1.29, 1.82) is 5.26 Å². The van der Waals surface area contributed by atoms with E-state index in [0.29, 0.717) is 28.0 Å². The van der Waals surface area contributed by atoms with Gasteiger partial charge in [0.25, 0.3) is 5.91 Å². The molecule has 1 heterocycles. The van der Waals surface area contributed by atoms with E-state index in [0.717, 1.165) is 12.1 Å². The Balaban J connectivity index is 1.65. The van der Waals surface area contributed by atoms with Gasteiger partial charge in [0, 0.05) is 22.4 Å². The molecule has 4 rings (SSSR count). The fraction of sp³-hybridized carbons (Fsp3) is 0.120. The molecule has 1 amide bonds. The van der Waals surface area contributed by atoms with Crippen LogP contribution in [0.5, 0.6) is 11.5 Å². The number of benzene rings is 3. The molecule has 0 aliphatic carbocycles. The third-order valence-electron chi connectivity index (χ3n) is 5.20. The number of nitriles is 1. The standard InChI is InChI=1S/C25H16ClF3N2O3/c1-33-22-10-14(9-20(26)23(22)34-13-16-5-3-2-4-15(16)12-30)8-19-18-7-6-17(25(27,28)29)11-21(18)31-24(19)32/h2-11H,13H2,1H3,(H,31,32)/b19-8-. The van der Waals surface area contributed by atoms with Crippen LogP contribution < -0.4 is 14.8 Å². The molecule has 1 aliphatic rings. The predicted octanol–water partition coefficient (Wildman–Crippen LogP) is 6.31. The maximum Gasteiger partial charge on any atom is 0.416 e. The summed E-state index contributed by atoms with van der Waals surface area (Å²) >= 11 is 6.42. The molecule has 0 unspecified atom stereocenters. The number of carbonyl (C=O) groups is 1. The molecule has 1 aliphatic heterocycles. The highest BCUT2D eigenvalue weighted by molar-refractivity contribution is 6.35. The normalized spacial score (nSPS) is 13.9. The van der Waals surface area contributed by atoms with Gasteiger partial charge >= 0.3 is 6.18 Å². The fourth-order valence-electron chi connectivity index (χ4n) is 3.55. The van der Waals surface area contributed by atoms with Crippen LogP contribution >= 0.6 is 11.6 Å². The van der Waals surface area contributed by atoms with E-state index in [1.54, 1.807) is 36.4 Å². The number of hydrogen-bond donors (Lipinski definition) is 1. The lowest BCUT2D eigenvalue weighted by atomic mass is 10.0. The van der Waals surface area contributed by atoms with Crippen molar-refractivity contribution in [3.05, 3.63) is 87.4 Å². The third kappa shape index (κ3) is 4.56. The van der Waals surface area contributed by atoms with Crippen LogP contribution in [-0.2, 0) is 17.6 Å². The smallest absolute Gasteiger partial charge is 0.416 e. The largest absolute Gasteiger partial charge is 0.493 e. The molecular weight excluding hydrogens is 469 g/mol. The van der Waals surface area contributed by atoms with Gasteiger partial charge in [0.05, 0.1) is 29.3 Å². The van der Waals surface area contributed by atoms with Crippen LogP contribution in [0.25, 0.3) is 11.6 Å². The van der Waals surface area contributed by atoms with Gasteiger partial charge in [-0.05, 0) is 42.0 Å². The zero-order valence-electron chi connectivity index (χ0n) is 17.7. The van der Waals surface area contributed by atoms with Gasteiger partial charge in [-0.3, -0.25) is 4.79 Å². The van der Waals surface area contributed by atoms with Crippen molar-refractivity contribution in [2.45, 2.75) is 12.8 Å². The quantitative estimate of drug-likeness (QED) is 0.431. The molecule has 0 fully saturated rings. The minimum atomic E-state index is -4.52. The number of ether oxygens (including phenoxy) is 2. The Morgan fingerprint density at radius 2 is 1.91 bits per heavy atom. The zero-order valence-corrected chi connectivity index (χ0v) is 18.4. The summed E-state index contributed by atoms with van der Waals surface area (Å²) in [6.07, 6.45) is -3.01. The van der Waals surface area contributed by atoms with Crippen LogP contribution in [0.4, 0.5) is 18.9 Å². The summed E-state index contributed by atoms with van der Waals surface area (Å²) in [5.74, 6) is 0.0165. The molecule has 9 heteroatoms. The van der Waals surface area contributed by atoms with Gasteiger partial charge in [0.1, 0.15) is 6.61 Å². The number of nitrogens with one attached hydrogen (secondary N) is 1. The fourth-order valence-corrected chi connectivity index (χ4v) is 3.82. The summed E-state index contributed by atoms with van der Waals surface area (Å²) in [6.45, 7) is 0.0809. The maximum absolute atomic E-state index is 13.0. The number of hydrogen-bond acceptors (Lipinski definition) is 4. The summed E-state index contributed by atoms with van der Waals surface area (Å²) < 4.78 is 50.2. The van der Waals surface area contributed by atoms with Crippen LogP contribution in [0.3, 0.4) is 0 Å². The second-order valence-corrected chi connectivity index (χ2v) is 7.77. The number of carbonyl (C=O) groups excluding carboxylic acids is 1. The summed E-state index contributed by atoms with van der Waals surface area (Å²) in [5, 5.41) is 11.9. The Labute approximate surface area is 198 Å². The van der Waals surface area contributed by atoms with Gasteiger partial charge in [-0.15, -0.1) is 0 Å². The van der Waals surface area contributed by atoms with Gasteiger partial charge in [0.2, 0.25) is 0 Å². The van der Waals surface area contributed by atoms with Gasteiger partial charge in [-0.25, -0.2) is 0 Å². The lowest BCUT2D eigenvalue weighted by molar-refractivity contribution is -0.137. The van der Waals surface area contributed by atoms with E-state index in [4.69, 9.17) is 21.1 Å². The molecule has 0 saturated carbocycles. The number of amides is 1. The number of anilines is 1. The van der Waals surface area contributed by atoms with Crippen molar-refractivity contribution >= 4 is 34.8 Å². The monoisotopic (exact) mass is 484 g/mol. The van der Waals surface area contributed by atoms with E-state index in [9.17, 15) is 23.2 Å². The summed E-state index contributed by atoms with van der Waals surface area (Å²) in [6, 6.07) is 15.3. The van der Waals surface area contributed by atoms with Crippen LogP contribution in [0.15, 0.2) is 54.6 Å². The van der Waals surface area contributed by atoms with Crippen molar-refractivity contribution in [3.63, 3.8) is 0 Å². The first kappa shape index (κ1) is 23.2. The number of rotatable bonds is 5. The average molecular weight is 485 g/mol. The molecule has 5 nitrogen and oxygen atoms in total. The molecule has 0 atom stereocenters. The van der Waals surface area contributed by atoms with Crippen molar-refractivity contribution in [2.24, 2.45) is 0 Å². The minimum Gasteiger partial charge on any atom is -0.493 e. The summed E-state index contributed by atoms with van der Waals surface area (Å²) in [5.41, 5.74) is 1.41. The number of methoxy groups -OCH3 is 1. The third-order valence-corrected chi connectivity index (χ3v) is 5.48. The summed E-state index contributed by atoms with van der Waals surface area (Å²) in [4.78, 5) is 12.4. The van der Waals surface area contributed by atoms with E-state index in [1.165, 1.54) is 19.3 Å². The molecule has 0 bridgehead atoms. The Kier molecular flexibility index (Phi) is 6.22. The number of halogens is 4. The van der Waals surface area contributed by atoms with E-state index in [1.807, 2.05) is 0 Å². The second-order valence-electron chi connectivity index (χ2n) is 7.36. The van der Waals surface area contributed by atoms with Gasteiger partial charge in [-0.2, -0.15) is 18.4 Å². The number of nitrogens with zero attached hydrogens (tertiary/aromatic N) is 1. The Morgan fingerprint density at radius 1 is 1.15 bits per heavy atom. The number of alkyl halides is 3. The first-order chi connectivity index (χ1) is 16.2. The van der Waals surface area contributed by atoms with E-state index >= 15 is 0 Å². The van der Waals surface area contributed by atoms with Crippen LogP contribution in [0, 0.1) is 11.3 Å². The van der Waals surface area contributed by atoms with E-state index < -0.39 is 17.6 Å². The van der Waals surface area contributed by atoms with E-state index in [-0.39, 0.29) is 28.6 Å². The minimum absolute atomic E-state index is 0.0809. The molecule has 1 N–H and O–H groups in total. The van der Waals surface area contributed by atoms with Gasteiger partial charge in [0.15, 0.2) is 11.5 Å². The zero-order chi connectivity index (χ0) is 24.5. The SMILES string of the molecule is COc1cc(/C=C2\C(=O)Nc3cc(C(F)(F)F)ccc32)cc(Cl)c1OCc1ccccc1C#N. The van der Waals surface area contributed by atoms with Gasteiger partial charge in [-0.1, -0.05) is 35.9 Å². The lowest BCUT2D eigenvalue weighted by Crippen LogP contribution is -2.06. The van der Waals surface area contributed by atoms with Crippen molar-refractivity contribution < 1.29 is 27.4 Å². The Bertz CT molecular complexity index is 1360. The predicted molar refractivity (Wildman–Crippen MR) is 121 cm³/mol. The number of fused-ring (bicyclic) bond motifs is 1. The first-order valence-corrected chi connectivity index (χ1v) is 10.3. The highest BCUT2D eigenvalue weighted by Crippen LogP contribution is 2.41. The van der Waals surface area contributed by atoms with Gasteiger partial charge < -0.3 is 14.8 Å². The molecular formula is C25H16ClF3N2O3.